The summed E-state index contributed by atoms with van der Waals surface area (Å²) in [6.07, 6.45) is -11.5. The number of rotatable bonds is 55. The zero-order valence-electron chi connectivity index (χ0n) is 90.8. The van der Waals surface area contributed by atoms with E-state index in [2.05, 4.69) is 21.3 Å². The quantitative estimate of drug-likeness (QED) is 0.0274. The van der Waals surface area contributed by atoms with Gasteiger partial charge in [-0.1, -0.05) is 116 Å². The summed E-state index contributed by atoms with van der Waals surface area (Å²) < 4.78 is 0. The normalized spacial score (nSPS) is 21.5. The van der Waals surface area contributed by atoms with Gasteiger partial charge < -0.3 is 102 Å². The van der Waals surface area contributed by atoms with Crippen LogP contribution in [0.2, 0.25) is 0 Å². The molecule has 1 rings (SSSR count). The van der Waals surface area contributed by atoms with Crippen LogP contribution in [0.25, 0.3) is 0 Å². The Hall–Kier alpha value is -12.0. The van der Waals surface area contributed by atoms with Gasteiger partial charge in [-0.2, -0.15) is 11.8 Å². The van der Waals surface area contributed by atoms with E-state index in [4.69, 9.17) is 5.11 Å². The summed E-state index contributed by atoms with van der Waals surface area (Å²) >= 11 is 1.17. The molecule has 0 radical (unpaired) electrons. The Kier molecular flexibility index (Phi) is 60.3. The van der Waals surface area contributed by atoms with E-state index in [1.54, 1.807) is 53.7 Å². The van der Waals surface area contributed by atoms with Gasteiger partial charge in [0.25, 0.3) is 0 Å². The van der Waals surface area contributed by atoms with E-state index < -0.39 is 383 Å². The van der Waals surface area contributed by atoms with Gasteiger partial charge >= 0.3 is 41.8 Å². The summed E-state index contributed by atoms with van der Waals surface area (Å²) in [6, 6.07) is -14.6. The number of carboxylic acids is 7. The van der Waals surface area contributed by atoms with Crippen LogP contribution in [-0.2, 0) is 120 Å². The highest BCUT2D eigenvalue weighted by atomic mass is 32.2. The van der Waals surface area contributed by atoms with Crippen LogP contribution in [-0.4, -0.2) is 363 Å². The number of ketones is 6. The van der Waals surface area contributed by atoms with E-state index >= 15 is 19.2 Å². The number of amides is 12. The second-order valence-electron chi connectivity index (χ2n) is 41.8. The fraction of sp³-hybridized carbons (Fsp3) is 0.738. The number of aliphatic carboxylic acids is 7. The Balaban J connectivity index is 4.08. The topological polar surface area (TPSA) is 671 Å². The summed E-state index contributed by atoms with van der Waals surface area (Å²) in [5.74, 6) is -36.6. The van der Waals surface area contributed by atoms with Crippen molar-refractivity contribution < 1.29 is 161 Å². The van der Waals surface area contributed by atoms with Crippen molar-refractivity contribution in [2.24, 2.45) is 76.9 Å². The molecule has 1 saturated heterocycles. The molecule has 0 aromatic rings. The monoisotopic (exact) mass is 2130 g/mol. The Morgan fingerprint density at radius 3 is 1.18 bits per heavy atom. The van der Waals surface area contributed by atoms with Gasteiger partial charge in [-0.05, 0) is 125 Å². The molecule has 12 amide bonds. The minimum atomic E-state index is -1.92. The Bertz CT molecular complexity index is 4670. The minimum absolute atomic E-state index is 0.00668. The predicted molar refractivity (Wildman–Crippen MR) is 545 cm³/mol. The van der Waals surface area contributed by atoms with Crippen molar-refractivity contribution in [1.82, 2.24) is 60.9 Å². The molecule has 149 heavy (non-hydrogen) atoms. The van der Waals surface area contributed by atoms with E-state index in [9.17, 15) is 136 Å². The van der Waals surface area contributed by atoms with Crippen molar-refractivity contribution in [1.29, 1.82) is 0 Å². The Morgan fingerprint density at radius 1 is 0.403 bits per heavy atom. The molecule has 1 fully saturated rings. The number of hydrogen-bond acceptors (Lipinski definition) is 27. The number of aliphatic hydroxyl groups is 1. The first-order valence-electron chi connectivity index (χ1n) is 51.1. The maximum atomic E-state index is 15.7. The zero-order valence-corrected chi connectivity index (χ0v) is 91.7. The number of Topliss-reactive ketones (excluding diaryl/α,β-unsaturated/α-hetero) is 6. The maximum Gasteiger partial charge on any atom is 0.322 e. The van der Waals surface area contributed by atoms with E-state index in [0.717, 1.165) is 9.80 Å². The molecule has 0 aliphatic carbocycles. The lowest BCUT2D eigenvalue weighted by molar-refractivity contribution is -0.157. The zero-order chi connectivity index (χ0) is 114. The number of nitrogens with one attached hydrogen (secondary N) is 5. The van der Waals surface area contributed by atoms with Crippen LogP contribution in [0.3, 0.4) is 0 Å². The molecule has 45 nitrogen and oxygen atoms in total. The number of carboxylic acid groups (broad SMARTS) is 7. The van der Waals surface area contributed by atoms with E-state index in [0.29, 0.717) is 0 Å². The lowest BCUT2D eigenvalue weighted by Crippen LogP contribution is -2.61. The molecule has 1 aliphatic rings. The van der Waals surface area contributed by atoms with Gasteiger partial charge in [0, 0.05) is 180 Å². The number of hydrogen-bond donors (Lipinski definition) is 13. The minimum Gasteiger partial charge on any atom is -0.481 e. The SMILES string of the molecule is CC[C@@H]1CC(=O)[C@H]([C@H](O)[C@H](C)C/C=C/CSCCC(=O)N[C@H](CCC(=O)O)C(=O)C[C@H](CCC(=O)O)C(=O)N[C@H](CCC(=O)O)C(=O)C[C@H](CCC(=O)O)C(=O)N[C@H](CCC(=O)O)C(=O)C[C@H](CCC(=O)O)C(=O)NCC(=O)O)N(C)C(=O)[C@H](C(C)C)N(C)C(=O)[C@H](CC(C)C)N(C)C(=O)[C@H](CC(C)C)N(C)C(=O)[C@@H](C)NC(=O)[C@H](C)CC(=O)[C@H](CC(C)C)N(C)C(=O)[C@H](C(C)C)CC(=O)[C@H](CC(C)C)N(C)C(=O)CN(C)C1=O. The Labute approximate surface area is 877 Å². The van der Waals surface area contributed by atoms with E-state index in [1.165, 1.54) is 99.4 Å². The number of carbonyl (C=O) groups is 25. The molecule has 0 spiro atoms. The highest BCUT2D eigenvalue weighted by Crippen LogP contribution is 2.32. The van der Waals surface area contributed by atoms with Crippen LogP contribution in [0.1, 0.15) is 271 Å². The predicted octanol–water partition coefficient (Wildman–Crippen LogP) is 5.21. The van der Waals surface area contributed by atoms with Crippen LogP contribution in [0.5, 0.6) is 0 Å². The van der Waals surface area contributed by atoms with Gasteiger partial charge in [-0.3, -0.25) is 120 Å². The van der Waals surface area contributed by atoms with Gasteiger partial charge in [0.1, 0.15) is 36.8 Å². The number of allylic oxidation sites excluding steroid dienone is 1. The standard InChI is InChI=1S/C103H166N12O33S/c1-24-64-48-81(121)92(115(23)103(148)91(60(12)13)114(22)102(147)75(46-58(8)9)113(21)101(146)74(45-57(6)7)112(20)98(143)63(16)105-94(139)62(15)47-79(119)73(44-56(4)5)111(19)100(145)68(59(10)11)52-80(120)72(43-55(2)3)110(18)83(123)54-109(17)99(64)144)93(138)61(14)27-25-26-41-149-42-40-82(122)106-69(31-37-87(130)131)76(116)50-66(29-35-85(126)127)96(141)108-71(33-39-89(134)135)78(118)51-67(30-36-86(128)129)97(142)107-70(32-38-88(132)133)77(117)49-65(28-34-84(124)125)95(140)104-53-90(136)137/h25-26,55-75,91-93,138H,24,27-54H2,1-23H3,(H,104,140)(H,105,139)(H,106,122)(H,107,142)(H,108,141)(H,124,125)(H,126,127)(H,128,129)(H,130,131)(H,132,133)(H,134,135)(H,136,137)/b26-25+/t61-,62-,63-,64-,65+,66+,67+,68+,69-,70-,71-,72+,73+,74+,75+,91+,92-,93-/m1/s1. The number of nitrogens with zero attached hydrogens (tertiary/aromatic N) is 7. The summed E-state index contributed by atoms with van der Waals surface area (Å²) in [5, 5.41) is 91.4. The number of likely N-dealkylation sites (N-methyl/N-ethyl adjacent to an activating group) is 7. The summed E-state index contributed by atoms with van der Waals surface area (Å²) in [6.45, 7) is 26.0. The van der Waals surface area contributed by atoms with Crippen molar-refractivity contribution in [2.45, 2.75) is 338 Å². The van der Waals surface area contributed by atoms with E-state index in [-0.39, 0.29) is 93.0 Å². The fourth-order valence-electron chi connectivity index (χ4n) is 17.8. The van der Waals surface area contributed by atoms with Crippen LogP contribution >= 0.6 is 11.8 Å². The van der Waals surface area contributed by atoms with Gasteiger partial charge in [0.15, 0.2) is 34.7 Å². The molecule has 1 heterocycles. The average molecular weight is 2130 g/mol. The molecule has 0 aromatic carbocycles. The van der Waals surface area contributed by atoms with Crippen LogP contribution in [0.4, 0.5) is 0 Å². The summed E-state index contributed by atoms with van der Waals surface area (Å²) in [5.41, 5.74) is 0. The first-order chi connectivity index (χ1) is 69.1. The lowest BCUT2D eigenvalue weighted by atomic mass is 9.84. The van der Waals surface area contributed by atoms with Crippen molar-refractivity contribution in [3.8, 4) is 0 Å². The van der Waals surface area contributed by atoms with Crippen molar-refractivity contribution in [2.75, 3.05) is 73.9 Å². The second-order valence-corrected chi connectivity index (χ2v) is 43.0. The first kappa shape index (κ1) is 135. The third kappa shape index (κ3) is 47.4. The number of thioether (sulfide) groups is 1. The van der Waals surface area contributed by atoms with E-state index in [1.807, 2.05) is 60.7 Å². The molecule has 13 N–H and O–H groups in total. The molecule has 1 aliphatic heterocycles. The fourth-order valence-corrected chi connectivity index (χ4v) is 18.6. The van der Waals surface area contributed by atoms with Gasteiger partial charge in [0.2, 0.25) is 70.9 Å². The number of carbonyl (C=O) groups excluding carboxylic acids is 18. The van der Waals surface area contributed by atoms with Crippen LogP contribution < -0.4 is 26.6 Å². The molecule has 18 atom stereocenters. The van der Waals surface area contributed by atoms with Gasteiger partial charge in [-0.25, -0.2) is 0 Å². The summed E-state index contributed by atoms with van der Waals surface area (Å²) in [4.78, 5) is 353. The average Bonchev–Trinajstić information content (AvgIpc) is 0.834. The summed E-state index contributed by atoms with van der Waals surface area (Å²) in [7, 11) is 9.62. The third-order valence-corrected chi connectivity index (χ3v) is 27.7. The van der Waals surface area contributed by atoms with Crippen LogP contribution in [0, 0.1) is 76.9 Å². The first-order valence-corrected chi connectivity index (χ1v) is 52.2. The lowest BCUT2D eigenvalue weighted by Gasteiger charge is -2.41. The maximum absolute atomic E-state index is 15.7. The highest BCUT2D eigenvalue weighted by molar-refractivity contribution is 7.99. The van der Waals surface area contributed by atoms with Gasteiger partial charge in [0.05, 0.1) is 42.9 Å². The van der Waals surface area contributed by atoms with Crippen molar-refractivity contribution in [3.05, 3.63) is 12.2 Å². The largest absolute Gasteiger partial charge is 0.481 e. The Morgan fingerprint density at radius 2 is 0.779 bits per heavy atom. The van der Waals surface area contributed by atoms with Crippen LogP contribution in [0.15, 0.2) is 12.2 Å². The highest BCUT2D eigenvalue weighted by Gasteiger charge is 2.48. The second kappa shape index (κ2) is 66.5. The molecular formula is C103H166N12O33S. The molecule has 0 bridgehead atoms. The molecule has 0 saturated carbocycles. The molecule has 842 valence electrons. The van der Waals surface area contributed by atoms with Gasteiger partial charge in [-0.15, -0.1) is 0 Å². The smallest absolute Gasteiger partial charge is 0.322 e. The molecule has 46 heteroatoms. The molecular weight excluding hydrogens is 1970 g/mol. The number of aliphatic hydroxyl groups excluding tert-OH is 1. The molecule has 0 unspecified atom stereocenters. The van der Waals surface area contributed by atoms with Crippen molar-refractivity contribution >= 4 is 159 Å². The van der Waals surface area contributed by atoms with Crippen molar-refractivity contribution in [3.63, 3.8) is 0 Å². The third-order valence-electron chi connectivity index (χ3n) is 26.7. The molecule has 0 aromatic heterocycles.